The van der Waals surface area contributed by atoms with Crippen LogP contribution in [0.3, 0.4) is 0 Å². The molecule has 5 nitrogen and oxygen atoms in total. The van der Waals surface area contributed by atoms with Crippen LogP contribution in [-0.4, -0.2) is 25.2 Å². The van der Waals surface area contributed by atoms with Crippen molar-refractivity contribution in [3.63, 3.8) is 0 Å². The smallest absolute Gasteiger partial charge is 0.334 e. The lowest BCUT2D eigenvalue weighted by Gasteiger charge is -2.06. The zero-order valence-corrected chi connectivity index (χ0v) is 10.5. The maximum absolute atomic E-state index is 11.7. The van der Waals surface area contributed by atoms with E-state index < -0.39 is 11.9 Å². The Kier molecular flexibility index (Phi) is 5.70. The summed E-state index contributed by atoms with van der Waals surface area (Å²) >= 11 is 0. The normalized spacial score (nSPS) is 11.1. The maximum atomic E-state index is 11.7. The number of hydrogen-bond donors (Lipinski definition) is 0. The highest BCUT2D eigenvalue weighted by atomic mass is 16.5. The number of rotatable bonds is 6. The Bertz CT molecular complexity index is 417. The molecule has 0 atom stereocenters. The fourth-order valence-electron chi connectivity index (χ4n) is 1.32. The van der Waals surface area contributed by atoms with Crippen LogP contribution in [0.15, 0.2) is 28.4 Å². The Labute approximate surface area is 105 Å². The van der Waals surface area contributed by atoms with Gasteiger partial charge in [0.1, 0.15) is 5.76 Å². The van der Waals surface area contributed by atoms with Crippen LogP contribution in [0.5, 0.6) is 0 Å². The van der Waals surface area contributed by atoms with Gasteiger partial charge in [-0.3, -0.25) is 4.79 Å². The lowest BCUT2D eigenvalue weighted by molar-refractivity contribution is -0.145. The molecule has 18 heavy (non-hydrogen) atoms. The molecule has 5 heteroatoms. The molecule has 0 spiro atoms. The predicted octanol–water partition coefficient (Wildman–Crippen LogP) is 2.18. The molecular weight excluding hydrogens is 236 g/mol. The van der Waals surface area contributed by atoms with Crippen molar-refractivity contribution in [2.45, 2.75) is 20.3 Å². The van der Waals surface area contributed by atoms with E-state index in [1.54, 1.807) is 26.0 Å². The zero-order valence-electron chi connectivity index (χ0n) is 10.5. The first-order valence-corrected chi connectivity index (χ1v) is 5.74. The number of carbonyl (C=O) groups is 2. The van der Waals surface area contributed by atoms with Crippen molar-refractivity contribution in [2.75, 3.05) is 13.2 Å². The van der Waals surface area contributed by atoms with Crippen molar-refractivity contribution in [2.24, 2.45) is 0 Å². The molecule has 0 unspecified atom stereocenters. The van der Waals surface area contributed by atoms with Crippen LogP contribution in [-0.2, 0) is 19.1 Å². The average Bonchev–Trinajstić information content (AvgIpc) is 2.81. The molecule has 98 valence electrons. The molecular formula is C13H16O5. The summed E-state index contributed by atoms with van der Waals surface area (Å²) in [5.41, 5.74) is 0.213. The topological polar surface area (TPSA) is 65.7 Å². The van der Waals surface area contributed by atoms with Crippen LogP contribution in [0.2, 0.25) is 0 Å². The molecule has 0 saturated carbocycles. The molecule has 1 aromatic heterocycles. The highest BCUT2D eigenvalue weighted by Crippen LogP contribution is 2.13. The Morgan fingerprint density at radius 3 is 2.56 bits per heavy atom. The van der Waals surface area contributed by atoms with E-state index in [9.17, 15) is 9.59 Å². The van der Waals surface area contributed by atoms with Gasteiger partial charge in [-0.15, -0.1) is 0 Å². The summed E-state index contributed by atoms with van der Waals surface area (Å²) in [5, 5.41) is 0. The first-order valence-electron chi connectivity index (χ1n) is 5.74. The summed E-state index contributed by atoms with van der Waals surface area (Å²) in [6.07, 6.45) is 2.83. The second-order valence-corrected chi connectivity index (χ2v) is 3.39. The summed E-state index contributed by atoms with van der Waals surface area (Å²) in [7, 11) is 0. The third-order valence-corrected chi connectivity index (χ3v) is 2.04. The Hall–Kier alpha value is -2.04. The van der Waals surface area contributed by atoms with Gasteiger partial charge in [-0.2, -0.15) is 0 Å². The molecule has 0 radical (unpaired) electrons. The molecule has 0 N–H and O–H groups in total. The van der Waals surface area contributed by atoms with E-state index >= 15 is 0 Å². The average molecular weight is 252 g/mol. The van der Waals surface area contributed by atoms with Crippen LogP contribution in [0.1, 0.15) is 26.0 Å². The lowest BCUT2D eigenvalue weighted by Crippen LogP contribution is -2.13. The number of hydrogen-bond acceptors (Lipinski definition) is 5. The third-order valence-electron chi connectivity index (χ3n) is 2.04. The molecule has 1 aromatic rings. The van der Waals surface area contributed by atoms with Crippen LogP contribution in [0, 0.1) is 0 Å². The van der Waals surface area contributed by atoms with Crippen molar-refractivity contribution in [3.05, 3.63) is 29.7 Å². The first kappa shape index (κ1) is 14.0. The van der Waals surface area contributed by atoms with E-state index in [4.69, 9.17) is 13.9 Å². The standard InChI is InChI=1S/C13H16O5/c1-3-16-12(14)9-10(13(15)17-4-2)8-11-6-5-7-18-11/h5-8H,3-4,9H2,1-2H3/b10-8-. The van der Waals surface area contributed by atoms with Gasteiger partial charge in [-0.05, 0) is 32.1 Å². The zero-order chi connectivity index (χ0) is 13.4. The second kappa shape index (κ2) is 7.32. The van der Waals surface area contributed by atoms with Gasteiger partial charge in [0.2, 0.25) is 0 Å². The fourth-order valence-corrected chi connectivity index (χ4v) is 1.32. The fraction of sp³-hybridized carbons (Fsp3) is 0.385. The number of furan rings is 1. The predicted molar refractivity (Wildman–Crippen MR) is 64.6 cm³/mol. The van der Waals surface area contributed by atoms with Crippen molar-refractivity contribution < 1.29 is 23.5 Å². The summed E-state index contributed by atoms with van der Waals surface area (Å²) in [6.45, 7) is 3.93. The van der Waals surface area contributed by atoms with Crippen molar-refractivity contribution in [1.29, 1.82) is 0 Å². The molecule has 1 heterocycles. The summed E-state index contributed by atoms with van der Waals surface area (Å²) in [6, 6.07) is 3.38. The van der Waals surface area contributed by atoms with E-state index in [1.807, 2.05) is 0 Å². The first-order chi connectivity index (χ1) is 8.67. The molecule has 0 saturated heterocycles. The van der Waals surface area contributed by atoms with Gasteiger partial charge in [0.25, 0.3) is 0 Å². The quantitative estimate of drug-likeness (QED) is 0.573. The largest absolute Gasteiger partial charge is 0.466 e. The van der Waals surface area contributed by atoms with Crippen LogP contribution in [0.4, 0.5) is 0 Å². The Balaban J connectivity index is 2.81. The highest BCUT2D eigenvalue weighted by Gasteiger charge is 2.16. The summed E-state index contributed by atoms with van der Waals surface area (Å²) in [4.78, 5) is 23.1. The summed E-state index contributed by atoms with van der Waals surface area (Å²) < 4.78 is 14.8. The Morgan fingerprint density at radius 2 is 2.00 bits per heavy atom. The van der Waals surface area contributed by atoms with Gasteiger partial charge in [0.15, 0.2) is 0 Å². The molecule has 0 amide bonds. The SMILES string of the molecule is CCOC(=O)C/C(=C/c1ccco1)C(=O)OCC. The van der Waals surface area contributed by atoms with Crippen LogP contribution >= 0.6 is 0 Å². The number of esters is 2. The van der Waals surface area contributed by atoms with Crippen LogP contribution in [0.25, 0.3) is 6.08 Å². The van der Waals surface area contributed by atoms with Gasteiger partial charge in [0, 0.05) is 0 Å². The van der Waals surface area contributed by atoms with Crippen LogP contribution < -0.4 is 0 Å². The van der Waals surface area contributed by atoms with E-state index in [0.29, 0.717) is 5.76 Å². The molecule has 0 aliphatic rings. The van der Waals surface area contributed by atoms with E-state index in [-0.39, 0.29) is 25.2 Å². The third kappa shape index (κ3) is 4.45. The highest BCUT2D eigenvalue weighted by molar-refractivity contribution is 5.97. The van der Waals surface area contributed by atoms with E-state index in [2.05, 4.69) is 0 Å². The summed E-state index contributed by atoms with van der Waals surface area (Å²) in [5.74, 6) is -0.521. The number of ether oxygens (including phenoxy) is 2. The van der Waals surface area contributed by atoms with E-state index in [1.165, 1.54) is 12.3 Å². The van der Waals surface area contributed by atoms with Gasteiger partial charge in [-0.1, -0.05) is 0 Å². The lowest BCUT2D eigenvalue weighted by atomic mass is 10.1. The molecule has 0 fully saturated rings. The molecule has 1 rings (SSSR count). The Morgan fingerprint density at radius 1 is 1.28 bits per heavy atom. The maximum Gasteiger partial charge on any atom is 0.334 e. The number of carbonyl (C=O) groups excluding carboxylic acids is 2. The van der Waals surface area contributed by atoms with Crippen molar-refractivity contribution in [3.8, 4) is 0 Å². The molecule has 0 aromatic carbocycles. The molecule has 0 bridgehead atoms. The minimum Gasteiger partial charge on any atom is -0.466 e. The van der Waals surface area contributed by atoms with E-state index in [0.717, 1.165) is 0 Å². The molecule has 0 aliphatic heterocycles. The van der Waals surface area contributed by atoms with Gasteiger partial charge in [0.05, 0.1) is 31.5 Å². The van der Waals surface area contributed by atoms with Crippen molar-refractivity contribution >= 4 is 18.0 Å². The van der Waals surface area contributed by atoms with Gasteiger partial charge in [-0.25, -0.2) is 4.79 Å². The van der Waals surface area contributed by atoms with Gasteiger partial charge < -0.3 is 13.9 Å². The van der Waals surface area contributed by atoms with Gasteiger partial charge >= 0.3 is 11.9 Å². The minimum absolute atomic E-state index is 0.132. The molecule has 0 aliphatic carbocycles. The monoisotopic (exact) mass is 252 g/mol. The van der Waals surface area contributed by atoms with Crippen molar-refractivity contribution in [1.82, 2.24) is 0 Å². The minimum atomic E-state index is -0.540. The second-order valence-electron chi connectivity index (χ2n) is 3.39.